The number of hydrogen-bond donors (Lipinski definition) is 1. The fourth-order valence-corrected chi connectivity index (χ4v) is 1.85. The molecule has 1 atom stereocenters. The van der Waals surface area contributed by atoms with E-state index in [9.17, 15) is 0 Å². The highest BCUT2D eigenvalue weighted by Crippen LogP contribution is 2.28. The van der Waals surface area contributed by atoms with Crippen LogP contribution < -0.4 is 15.2 Å². The Bertz CT molecular complexity index is 350. The molecule has 1 aromatic carbocycles. The van der Waals surface area contributed by atoms with Crippen LogP contribution in [0.25, 0.3) is 0 Å². The lowest BCUT2D eigenvalue weighted by Gasteiger charge is -2.15. The van der Waals surface area contributed by atoms with Gasteiger partial charge < -0.3 is 15.2 Å². The molecule has 0 heterocycles. The molecular weight excluding hydrogens is 226 g/mol. The summed E-state index contributed by atoms with van der Waals surface area (Å²) in [4.78, 5) is 0. The van der Waals surface area contributed by atoms with Crippen LogP contribution in [-0.2, 0) is 0 Å². The monoisotopic (exact) mass is 251 g/mol. The Kier molecular flexibility index (Phi) is 6.58. The second kappa shape index (κ2) is 7.98. The molecule has 0 radical (unpaired) electrons. The number of methoxy groups -OCH3 is 1. The highest BCUT2D eigenvalue weighted by Gasteiger charge is 2.09. The zero-order valence-electron chi connectivity index (χ0n) is 11.7. The Hall–Kier alpha value is -1.22. The number of unbranched alkanes of at least 4 members (excludes halogenated alkanes) is 3. The van der Waals surface area contributed by atoms with Crippen molar-refractivity contribution in [2.24, 2.45) is 5.73 Å². The normalized spacial score (nSPS) is 12.2. The van der Waals surface area contributed by atoms with E-state index in [0.717, 1.165) is 30.1 Å². The average molecular weight is 251 g/mol. The van der Waals surface area contributed by atoms with Gasteiger partial charge in [-0.15, -0.1) is 0 Å². The molecule has 0 amide bonds. The van der Waals surface area contributed by atoms with Crippen LogP contribution in [0.3, 0.4) is 0 Å². The van der Waals surface area contributed by atoms with E-state index in [2.05, 4.69) is 6.92 Å². The second-order valence-electron chi connectivity index (χ2n) is 4.60. The maximum atomic E-state index is 5.94. The largest absolute Gasteiger partial charge is 0.497 e. The minimum Gasteiger partial charge on any atom is -0.497 e. The highest BCUT2D eigenvalue weighted by molar-refractivity contribution is 5.42. The molecule has 1 aromatic rings. The van der Waals surface area contributed by atoms with Crippen LogP contribution in [0, 0.1) is 0 Å². The van der Waals surface area contributed by atoms with E-state index in [-0.39, 0.29) is 6.04 Å². The molecule has 3 heteroatoms. The molecule has 0 bridgehead atoms. The summed E-state index contributed by atoms with van der Waals surface area (Å²) in [6.45, 7) is 4.91. The average Bonchev–Trinajstić information content (AvgIpc) is 2.38. The van der Waals surface area contributed by atoms with Gasteiger partial charge in [-0.25, -0.2) is 0 Å². The summed E-state index contributed by atoms with van der Waals surface area (Å²) in [6.07, 6.45) is 4.81. The van der Waals surface area contributed by atoms with Crippen LogP contribution in [0.2, 0.25) is 0 Å². The summed E-state index contributed by atoms with van der Waals surface area (Å²) in [5.74, 6) is 1.66. The van der Waals surface area contributed by atoms with Gasteiger partial charge in [-0.05, 0) is 19.4 Å². The molecule has 0 aliphatic carbocycles. The SMILES string of the molecule is CCCCCCOc1cc(OC)ccc1[C@H](C)N. The third kappa shape index (κ3) is 4.57. The van der Waals surface area contributed by atoms with Crippen molar-refractivity contribution in [2.75, 3.05) is 13.7 Å². The number of hydrogen-bond acceptors (Lipinski definition) is 3. The van der Waals surface area contributed by atoms with Crippen LogP contribution in [0.5, 0.6) is 11.5 Å². The minimum atomic E-state index is -0.0263. The first-order chi connectivity index (χ1) is 8.69. The fraction of sp³-hybridized carbons (Fsp3) is 0.600. The molecule has 0 saturated heterocycles. The van der Waals surface area contributed by atoms with Gasteiger partial charge in [0.15, 0.2) is 0 Å². The van der Waals surface area contributed by atoms with E-state index in [0.29, 0.717) is 0 Å². The summed E-state index contributed by atoms with van der Waals surface area (Å²) in [6, 6.07) is 5.79. The zero-order chi connectivity index (χ0) is 13.4. The molecule has 18 heavy (non-hydrogen) atoms. The Morgan fingerprint density at radius 1 is 1.22 bits per heavy atom. The molecule has 0 aromatic heterocycles. The van der Waals surface area contributed by atoms with Crippen LogP contribution in [0.1, 0.15) is 51.1 Å². The maximum Gasteiger partial charge on any atom is 0.127 e. The van der Waals surface area contributed by atoms with Gasteiger partial charge in [-0.2, -0.15) is 0 Å². The summed E-state index contributed by atoms with van der Waals surface area (Å²) < 4.78 is 11.0. The van der Waals surface area contributed by atoms with Crippen LogP contribution in [0.15, 0.2) is 18.2 Å². The third-order valence-corrected chi connectivity index (χ3v) is 2.97. The van der Waals surface area contributed by atoms with E-state index < -0.39 is 0 Å². The van der Waals surface area contributed by atoms with Crippen molar-refractivity contribution in [3.63, 3.8) is 0 Å². The van der Waals surface area contributed by atoms with Crippen molar-refractivity contribution >= 4 is 0 Å². The first-order valence-corrected chi connectivity index (χ1v) is 6.75. The van der Waals surface area contributed by atoms with E-state index in [4.69, 9.17) is 15.2 Å². The predicted octanol–water partition coefficient (Wildman–Crippen LogP) is 3.67. The number of nitrogens with two attached hydrogens (primary N) is 1. The summed E-state index contributed by atoms with van der Waals surface area (Å²) in [5.41, 5.74) is 6.97. The van der Waals surface area contributed by atoms with Gasteiger partial charge >= 0.3 is 0 Å². The lowest BCUT2D eigenvalue weighted by Crippen LogP contribution is -2.09. The van der Waals surface area contributed by atoms with Crippen molar-refractivity contribution in [2.45, 2.75) is 45.6 Å². The second-order valence-corrected chi connectivity index (χ2v) is 4.60. The molecule has 3 nitrogen and oxygen atoms in total. The first-order valence-electron chi connectivity index (χ1n) is 6.75. The zero-order valence-corrected chi connectivity index (χ0v) is 11.7. The maximum absolute atomic E-state index is 5.94. The number of benzene rings is 1. The summed E-state index contributed by atoms with van der Waals surface area (Å²) >= 11 is 0. The molecule has 0 unspecified atom stereocenters. The van der Waals surface area contributed by atoms with Crippen molar-refractivity contribution in [3.8, 4) is 11.5 Å². The Balaban J connectivity index is 2.60. The molecule has 2 N–H and O–H groups in total. The molecule has 0 aliphatic heterocycles. The van der Waals surface area contributed by atoms with E-state index in [1.54, 1.807) is 7.11 Å². The quantitative estimate of drug-likeness (QED) is 0.717. The Morgan fingerprint density at radius 2 is 2.00 bits per heavy atom. The standard InChI is InChI=1S/C15H25NO2/c1-4-5-6-7-10-18-15-11-13(17-3)8-9-14(15)12(2)16/h8-9,11-12H,4-7,10,16H2,1-3H3/t12-/m0/s1. The van der Waals surface area contributed by atoms with Crippen molar-refractivity contribution < 1.29 is 9.47 Å². The van der Waals surface area contributed by atoms with E-state index in [1.807, 2.05) is 25.1 Å². The van der Waals surface area contributed by atoms with Crippen LogP contribution in [0.4, 0.5) is 0 Å². The molecule has 0 fully saturated rings. The summed E-state index contributed by atoms with van der Waals surface area (Å²) in [5, 5.41) is 0. The van der Waals surface area contributed by atoms with Gasteiger partial charge in [0, 0.05) is 17.7 Å². The van der Waals surface area contributed by atoms with Crippen molar-refractivity contribution in [1.82, 2.24) is 0 Å². The van der Waals surface area contributed by atoms with Crippen molar-refractivity contribution in [1.29, 1.82) is 0 Å². The molecular formula is C15H25NO2. The Morgan fingerprint density at radius 3 is 2.61 bits per heavy atom. The van der Waals surface area contributed by atoms with Crippen LogP contribution in [-0.4, -0.2) is 13.7 Å². The summed E-state index contributed by atoms with van der Waals surface area (Å²) in [7, 11) is 1.66. The van der Waals surface area contributed by atoms with Crippen LogP contribution >= 0.6 is 0 Å². The molecule has 0 spiro atoms. The Labute approximate surface area is 110 Å². The molecule has 1 rings (SSSR count). The third-order valence-electron chi connectivity index (χ3n) is 2.97. The number of rotatable bonds is 8. The van der Waals surface area contributed by atoms with Gasteiger partial charge in [-0.1, -0.05) is 32.3 Å². The lowest BCUT2D eigenvalue weighted by molar-refractivity contribution is 0.298. The topological polar surface area (TPSA) is 44.5 Å². The minimum absolute atomic E-state index is 0.0263. The molecule has 0 aliphatic rings. The predicted molar refractivity (Wildman–Crippen MR) is 75.2 cm³/mol. The molecule has 102 valence electrons. The smallest absolute Gasteiger partial charge is 0.127 e. The first kappa shape index (κ1) is 14.8. The van der Waals surface area contributed by atoms with Crippen molar-refractivity contribution in [3.05, 3.63) is 23.8 Å². The highest BCUT2D eigenvalue weighted by atomic mass is 16.5. The van der Waals surface area contributed by atoms with E-state index >= 15 is 0 Å². The van der Waals surface area contributed by atoms with Gasteiger partial charge in [-0.3, -0.25) is 0 Å². The van der Waals surface area contributed by atoms with E-state index in [1.165, 1.54) is 19.3 Å². The van der Waals surface area contributed by atoms with Gasteiger partial charge in [0.2, 0.25) is 0 Å². The number of ether oxygens (including phenoxy) is 2. The van der Waals surface area contributed by atoms with Gasteiger partial charge in [0.05, 0.1) is 13.7 Å². The van der Waals surface area contributed by atoms with Gasteiger partial charge in [0.25, 0.3) is 0 Å². The van der Waals surface area contributed by atoms with Gasteiger partial charge in [0.1, 0.15) is 11.5 Å². The molecule has 0 saturated carbocycles. The lowest BCUT2D eigenvalue weighted by atomic mass is 10.1. The fourth-order valence-electron chi connectivity index (χ4n) is 1.85.